The molecule has 2 aromatic carbocycles. The van der Waals surface area contributed by atoms with Crippen molar-refractivity contribution < 1.29 is 28.6 Å². The molecular formula is C24H28N4O6. The van der Waals surface area contributed by atoms with E-state index in [9.17, 15) is 14.4 Å². The fraction of sp³-hybridized carbons (Fsp3) is 0.333. The lowest BCUT2D eigenvalue weighted by Gasteiger charge is -2.13. The molecule has 34 heavy (non-hydrogen) atoms. The lowest BCUT2D eigenvalue weighted by Crippen LogP contribution is -2.38. The van der Waals surface area contributed by atoms with Crippen molar-refractivity contribution in [3.8, 4) is 17.2 Å². The fourth-order valence-electron chi connectivity index (χ4n) is 2.83. The van der Waals surface area contributed by atoms with Gasteiger partial charge in [0.1, 0.15) is 5.75 Å². The molecule has 0 heterocycles. The Hall–Kier alpha value is -4.08. The van der Waals surface area contributed by atoms with Gasteiger partial charge < -0.3 is 24.8 Å². The van der Waals surface area contributed by atoms with Crippen LogP contribution < -0.4 is 30.3 Å². The quantitative estimate of drug-likeness (QED) is 0.264. The second-order valence-electron chi connectivity index (χ2n) is 7.38. The molecule has 3 amide bonds. The Kier molecular flexibility index (Phi) is 8.84. The predicted octanol–water partition coefficient (Wildman–Crippen LogP) is 2.23. The van der Waals surface area contributed by atoms with E-state index < -0.39 is 11.8 Å². The number of benzene rings is 2. The van der Waals surface area contributed by atoms with Crippen molar-refractivity contribution in [3.63, 3.8) is 0 Å². The van der Waals surface area contributed by atoms with E-state index in [1.165, 1.54) is 6.21 Å². The van der Waals surface area contributed by atoms with E-state index in [4.69, 9.17) is 14.2 Å². The second-order valence-corrected chi connectivity index (χ2v) is 7.38. The average Bonchev–Trinajstić information content (AvgIpc) is 3.64. The van der Waals surface area contributed by atoms with E-state index in [-0.39, 0.29) is 18.6 Å². The highest BCUT2D eigenvalue weighted by molar-refractivity contribution is 6.35. The van der Waals surface area contributed by atoms with Crippen LogP contribution in [0.5, 0.6) is 17.2 Å². The Bertz CT molecular complexity index is 1030. The largest absolute Gasteiger partial charge is 0.494 e. The Balaban J connectivity index is 1.52. The zero-order chi connectivity index (χ0) is 24.3. The van der Waals surface area contributed by atoms with Gasteiger partial charge in [0.25, 0.3) is 5.91 Å². The number of nitrogens with zero attached hydrogens (tertiary/aromatic N) is 1. The maximum Gasteiger partial charge on any atom is 0.329 e. The molecule has 1 aliphatic rings. The molecule has 1 aliphatic carbocycles. The molecule has 10 nitrogen and oxygen atoms in total. The van der Waals surface area contributed by atoms with Gasteiger partial charge in [-0.3, -0.25) is 14.4 Å². The third-order valence-corrected chi connectivity index (χ3v) is 4.57. The summed E-state index contributed by atoms with van der Waals surface area (Å²) in [5, 5.41) is 9.14. The molecular weight excluding hydrogens is 440 g/mol. The van der Waals surface area contributed by atoms with Crippen LogP contribution in [0.15, 0.2) is 47.6 Å². The van der Waals surface area contributed by atoms with Crippen LogP contribution in [-0.4, -0.2) is 49.8 Å². The van der Waals surface area contributed by atoms with Crippen LogP contribution in [0.1, 0.15) is 32.3 Å². The first kappa shape index (κ1) is 24.6. The van der Waals surface area contributed by atoms with Gasteiger partial charge in [-0.25, -0.2) is 5.43 Å². The zero-order valence-electron chi connectivity index (χ0n) is 19.1. The molecule has 180 valence electrons. The molecule has 0 atom stereocenters. The van der Waals surface area contributed by atoms with Crippen LogP contribution >= 0.6 is 0 Å². The number of amides is 3. The van der Waals surface area contributed by atoms with E-state index in [1.54, 1.807) is 42.5 Å². The number of hydrazone groups is 1. The highest BCUT2D eigenvalue weighted by Gasteiger charge is 2.26. The molecule has 0 aromatic heterocycles. The topological polar surface area (TPSA) is 127 Å². The molecule has 3 N–H and O–H groups in total. The summed E-state index contributed by atoms with van der Waals surface area (Å²) in [6.45, 7) is 4.46. The molecule has 1 fully saturated rings. The van der Waals surface area contributed by atoms with Gasteiger partial charge in [0.05, 0.1) is 19.4 Å². The van der Waals surface area contributed by atoms with E-state index in [1.807, 2.05) is 13.8 Å². The van der Waals surface area contributed by atoms with Gasteiger partial charge in [-0.15, -0.1) is 0 Å². The summed E-state index contributed by atoms with van der Waals surface area (Å²) in [4.78, 5) is 35.6. The van der Waals surface area contributed by atoms with Gasteiger partial charge in [0, 0.05) is 11.7 Å². The standard InChI is InChI=1S/C24H28N4O6/c1-3-32-19-10-8-17(9-11-19)26-22(29)15-34-20-12-5-16(13-21(20)33-4-2)14-25-28-24(31)23(30)27-18-6-7-18/h5,8-14,18H,3-4,6-7,15H2,1-2H3,(H,26,29)(H,27,30)(H,28,31)/b25-14-. The third kappa shape index (κ3) is 7.80. The second kappa shape index (κ2) is 12.2. The minimum absolute atomic E-state index is 0.0894. The predicted molar refractivity (Wildman–Crippen MR) is 126 cm³/mol. The Morgan fingerprint density at radius 2 is 1.68 bits per heavy atom. The number of ether oxygens (including phenoxy) is 3. The summed E-state index contributed by atoms with van der Waals surface area (Å²) < 4.78 is 16.6. The number of rotatable bonds is 11. The van der Waals surface area contributed by atoms with Crippen molar-refractivity contribution in [2.45, 2.75) is 32.7 Å². The van der Waals surface area contributed by atoms with Crippen molar-refractivity contribution >= 4 is 29.6 Å². The molecule has 0 radical (unpaired) electrons. The van der Waals surface area contributed by atoms with Crippen LogP contribution in [0.3, 0.4) is 0 Å². The van der Waals surface area contributed by atoms with E-state index in [2.05, 4.69) is 21.2 Å². The van der Waals surface area contributed by atoms with E-state index >= 15 is 0 Å². The summed E-state index contributed by atoms with van der Waals surface area (Å²) in [5.41, 5.74) is 3.42. The van der Waals surface area contributed by atoms with Gasteiger partial charge in [-0.1, -0.05) is 0 Å². The number of anilines is 1. The summed E-state index contributed by atoms with van der Waals surface area (Å²) in [6, 6.07) is 12.1. The summed E-state index contributed by atoms with van der Waals surface area (Å²) in [5.74, 6) is -0.340. The minimum Gasteiger partial charge on any atom is -0.494 e. The molecule has 3 rings (SSSR count). The number of hydrogen-bond donors (Lipinski definition) is 3. The third-order valence-electron chi connectivity index (χ3n) is 4.57. The van der Waals surface area contributed by atoms with Crippen LogP contribution in [0.2, 0.25) is 0 Å². The normalized spacial score (nSPS) is 12.6. The molecule has 10 heteroatoms. The van der Waals surface area contributed by atoms with Crippen molar-refractivity contribution in [2.75, 3.05) is 25.1 Å². The van der Waals surface area contributed by atoms with Crippen LogP contribution in [0.25, 0.3) is 0 Å². The van der Waals surface area contributed by atoms with Gasteiger partial charge in [0.15, 0.2) is 18.1 Å². The van der Waals surface area contributed by atoms with Crippen LogP contribution in [0, 0.1) is 0 Å². The molecule has 2 aromatic rings. The number of nitrogens with one attached hydrogen (secondary N) is 3. The molecule has 0 spiro atoms. The van der Waals surface area contributed by atoms with Crippen LogP contribution in [0.4, 0.5) is 5.69 Å². The highest BCUT2D eigenvalue weighted by Crippen LogP contribution is 2.28. The maximum atomic E-state index is 12.3. The molecule has 0 aliphatic heterocycles. The Labute approximate surface area is 197 Å². The molecule has 1 saturated carbocycles. The molecule has 0 saturated heterocycles. The monoisotopic (exact) mass is 468 g/mol. The first-order chi connectivity index (χ1) is 16.5. The van der Waals surface area contributed by atoms with Crippen molar-refractivity contribution in [1.82, 2.24) is 10.7 Å². The Morgan fingerprint density at radius 3 is 2.35 bits per heavy atom. The molecule has 0 bridgehead atoms. The van der Waals surface area contributed by atoms with E-state index in [0.717, 1.165) is 18.6 Å². The van der Waals surface area contributed by atoms with Crippen molar-refractivity contribution in [1.29, 1.82) is 0 Å². The van der Waals surface area contributed by atoms with Crippen molar-refractivity contribution in [2.24, 2.45) is 5.10 Å². The van der Waals surface area contributed by atoms with Gasteiger partial charge in [-0.05, 0) is 74.7 Å². The van der Waals surface area contributed by atoms with Crippen molar-refractivity contribution in [3.05, 3.63) is 48.0 Å². The van der Waals surface area contributed by atoms with Gasteiger partial charge >= 0.3 is 11.8 Å². The summed E-state index contributed by atoms with van der Waals surface area (Å²) in [6.07, 6.45) is 3.16. The maximum absolute atomic E-state index is 12.3. The number of carbonyl (C=O) groups is 3. The number of carbonyl (C=O) groups excluding carboxylic acids is 3. The minimum atomic E-state index is -0.827. The lowest BCUT2D eigenvalue weighted by molar-refractivity contribution is -0.139. The first-order valence-corrected chi connectivity index (χ1v) is 11.0. The first-order valence-electron chi connectivity index (χ1n) is 11.0. The molecule has 0 unspecified atom stereocenters. The number of hydrogen-bond acceptors (Lipinski definition) is 7. The van der Waals surface area contributed by atoms with Gasteiger partial charge in [-0.2, -0.15) is 5.10 Å². The summed E-state index contributed by atoms with van der Waals surface area (Å²) in [7, 11) is 0. The summed E-state index contributed by atoms with van der Waals surface area (Å²) >= 11 is 0. The zero-order valence-corrected chi connectivity index (χ0v) is 19.1. The van der Waals surface area contributed by atoms with E-state index in [0.29, 0.717) is 36.0 Å². The Morgan fingerprint density at radius 1 is 0.941 bits per heavy atom. The fourth-order valence-corrected chi connectivity index (χ4v) is 2.83. The lowest BCUT2D eigenvalue weighted by atomic mass is 10.2. The smallest absolute Gasteiger partial charge is 0.329 e. The van der Waals surface area contributed by atoms with Crippen LogP contribution in [-0.2, 0) is 14.4 Å². The highest BCUT2D eigenvalue weighted by atomic mass is 16.5. The SMILES string of the molecule is CCOc1ccc(NC(=O)COc2ccc(/C=N\NC(=O)C(=O)NC3CC3)cc2OCC)cc1. The van der Waals surface area contributed by atoms with Gasteiger partial charge in [0.2, 0.25) is 0 Å². The average molecular weight is 469 g/mol.